The number of carbonyl (C=O) groups is 1. The maximum atomic E-state index is 12.8. The number of hydrogen-bond acceptors (Lipinski definition) is 2. The first-order valence-electron chi connectivity index (χ1n) is 5.84. The van der Waals surface area contributed by atoms with E-state index >= 15 is 0 Å². The van der Waals surface area contributed by atoms with Crippen LogP contribution < -0.4 is 5.32 Å². The molecule has 0 fully saturated rings. The van der Waals surface area contributed by atoms with E-state index in [0.717, 1.165) is 5.56 Å². The van der Waals surface area contributed by atoms with Crippen molar-refractivity contribution in [1.82, 2.24) is 0 Å². The van der Waals surface area contributed by atoms with Gasteiger partial charge in [-0.05, 0) is 42.0 Å². The predicted molar refractivity (Wildman–Crippen MR) is 71.5 cm³/mol. The Bertz CT molecular complexity index is 567. The Labute approximate surface area is 111 Å². The van der Waals surface area contributed by atoms with Gasteiger partial charge < -0.3 is 10.1 Å². The maximum absolute atomic E-state index is 12.8. The quantitative estimate of drug-likeness (QED) is 0.915. The predicted octanol–water partition coefficient (Wildman–Crippen LogP) is 3.22. The second-order valence-electron chi connectivity index (χ2n) is 4.09. The number of carbonyl (C=O) groups excluding carboxylic acids is 1. The van der Waals surface area contributed by atoms with E-state index in [2.05, 4.69) is 5.32 Å². The SMILES string of the molecule is COCc1cccc(C(=O)Nc2ccc(F)cc2)c1. The van der Waals surface area contributed by atoms with Crippen LogP contribution in [0, 0.1) is 5.82 Å². The Kier molecular flexibility index (Phi) is 4.26. The summed E-state index contributed by atoms with van der Waals surface area (Å²) in [5.74, 6) is -0.565. The second kappa shape index (κ2) is 6.11. The molecule has 0 atom stereocenters. The number of amides is 1. The van der Waals surface area contributed by atoms with E-state index in [1.807, 2.05) is 6.07 Å². The molecule has 0 unspecified atom stereocenters. The molecule has 0 aliphatic carbocycles. The summed E-state index contributed by atoms with van der Waals surface area (Å²) < 4.78 is 17.8. The lowest BCUT2D eigenvalue weighted by molar-refractivity contribution is 0.102. The van der Waals surface area contributed by atoms with Crippen molar-refractivity contribution in [2.75, 3.05) is 12.4 Å². The summed E-state index contributed by atoms with van der Waals surface area (Å²) in [7, 11) is 1.60. The highest BCUT2D eigenvalue weighted by Crippen LogP contribution is 2.12. The number of nitrogens with one attached hydrogen (secondary N) is 1. The summed E-state index contributed by atoms with van der Waals surface area (Å²) in [5, 5.41) is 2.71. The molecule has 2 aromatic carbocycles. The van der Waals surface area contributed by atoms with Gasteiger partial charge in [0.1, 0.15) is 5.82 Å². The second-order valence-corrected chi connectivity index (χ2v) is 4.09. The van der Waals surface area contributed by atoms with E-state index < -0.39 is 0 Å². The van der Waals surface area contributed by atoms with Crippen molar-refractivity contribution in [3.8, 4) is 0 Å². The molecule has 98 valence electrons. The van der Waals surface area contributed by atoms with Gasteiger partial charge in [-0.15, -0.1) is 0 Å². The van der Waals surface area contributed by atoms with Gasteiger partial charge in [0.05, 0.1) is 6.61 Å². The molecule has 0 bridgehead atoms. The molecular formula is C15H14FNO2. The zero-order chi connectivity index (χ0) is 13.7. The molecule has 2 aromatic rings. The van der Waals surface area contributed by atoms with E-state index in [1.165, 1.54) is 24.3 Å². The summed E-state index contributed by atoms with van der Waals surface area (Å²) in [6, 6.07) is 12.8. The third-order valence-electron chi connectivity index (χ3n) is 2.60. The zero-order valence-electron chi connectivity index (χ0n) is 10.5. The Morgan fingerprint density at radius 3 is 2.63 bits per heavy atom. The molecule has 0 aromatic heterocycles. The van der Waals surface area contributed by atoms with Crippen molar-refractivity contribution in [3.05, 3.63) is 65.5 Å². The first-order chi connectivity index (χ1) is 9.19. The summed E-state index contributed by atoms with van der Waals surface area (Å²) in [6.45, 7) is 0.456. The van der Waals surface area contributed by atoms with Crippen molar-refractivity contribution in [1.29, 1.82) is 0 Å². The maximum Gasteiger partial charge on any atom is 0.255 e. The monoisotopic (exact) mass is 259 g/mol. The van der Waals surface area contributed by atoms with Crippen molar-refractivity contribution in [2.24, 2.45) is 0 Å². The molecule has 1 N–H and O–H groups in total. The molecule has 0 aliphatic rings. The number of hydrogen-bond donors (Lipinski definition) is 1. The zero-order valence-corrected chi connectivity index (χ0v) is 10.5. The van der Waals surface area contributed by atoms with Crippen LogP contribution in [0.4, 0.5) is 10.1 Å². The highest BCUT2D eigenvalue weighted by atomic mass is 19.1. The molecular weight excluding hydrogens is 245 g/mol. The number of halogens is 1. The number of benzene rings is 2. The molecule has 3 nitrogen and oxygen atoms in total. The first kappa shape index (κ1) is 13.2. The fourth-order valence-corrected chi connectivity index (χ4v) is 1.71. The molecule has 2 rings (SSSR count). The van der Waals surface area contributed by atoms with Crippen LogP contribution in [0.3, 0.4) is 0 Å². The summed E-state index contributed by atoms with van der Waals surface area (Å²) >= 11 is 0. The Morgan fingerprint density at radius 2 is 1.95 bits per heavy atom. The third kappa shape index (κ3) is 3.63. The Hall–Kier alpha value is -2.20. The lowest BCUT2D eigenvalue weighted by Gasteiger charge is -2.06. The molecule has 0 radical (unpaired) electrons. The van der Waals surface area contributed by atoms with Gasteiger partial charge in [0.25, 0.3) is 5.91 Å². The fraction of sp³-hybridized carbons (Fsp3) is 0.133. The average Bonchev–Trinajstić information content (AvgIpc) is 2.42. The van der Waals surface area contributed by atoms with Crippen molar-refractivity contribution in [2.45, 2.75) is 6.61 Å². The van der Waals surface area contributed by atoms with Gasteiger partial charge in [0.15, 0.2) is 0 Å². The molecule has 4 heteroatoms. The first-order valence-corrected chi connectivity index (χ1v) is 5.84. The van der Waals surface area contributed by atoms with Crippen LogP contribution in [-0.4, -0.2) is 13.0 Å². The highest BCUT2D eigenvalue weighted by Gasteiger charge is 2.06. The summed E-state index contributed by atoms with van der Waals surface area (Å²) in [5.41, 5.74) is 2.02. The number of ether oxygens (including phenoxy) is 1. The van der Waals surface area contributed by atoms with Gasteiger partial charge in [-0.3, -0.25) is 4.79 Å². The Balaban J connectivity index is 2.11. The van der Waals surface area contributed by atoms with Crippen LogP contribution in [0.15, 0.2) is 48.5 Å². The van der Waals surface area contributed by atoms with E-state index in [4.69, 9.17) is 4.74 Å². The van der Waals surface area contributed by atoms with Crippen LogP contribution in [0.2, 0.25) is 0 Å². The Morgan fingerprint density at radius 1 is 1.21 bits per heavy atom. The average molecular weight is 259 g/mol. The molecule has 0 aliphatic heterocycles. The molecule has 0 saturated carbocycles. The van der Waals surface area contributed by atoms with Crippen LogP contribution in [-0.2, 0) is 11.3 Å². The van der Waals surface area contributed by atoms with Gasteiger partial charge in [-0.25, -0.2) is 4.39 Å². The minimum atomic E-state index is -0.333. The van der Waals surface area contributed by atoms with Crippen LogP contribution >= 0.6 is 0 Å². The van der Waals surface area contributed by atoms with Crippen LogP contribution in [0.1, 0.15) is 15.9 Å². The van der Waals surface area contributed by atoms with E-state index in [-0.39, 0.29) is 11.7 Å². The van der Waals surface area contributed by atoms with E-state index in [9.17, 15) is 9.18 Å². The summed E-state index contributed by atoms with van der Waals surface area (Å²) in [6.07, 6.45) is 0. The van der Waals surface area contributed by atoms with Gasteiger partial charge in [-0.1, -0.05) is 12.1 Å². The van der Waals surface area contributed by atoms with Crippen LogP contribution in [0.5, 0.6) is 0 Å². The van der Waals surface area contributed by atoms with Crippen molar-refractivity contribution < 1.29 is 13.9 Å². The third-order valence-corrected chi connectivity index (χ3v) is 2.60. The molecule has 19 heavy (non-hydrogen) atoms. The standard InChI is InChI=1S/C15H14FNO2/c1-19-10-11-3-2-4-12(9-11)15(18)17-14-7-5-13(16)6-8-14/h2-9H,10H2,1H3,(H,17,18). The van der Waals surface area contributed by atoms with Gasteiger partial charge in [0, 0.05) is 18.4 Å². The van der Waals surface area contributed by atoms with E-state index in [1.54, 1.807) is 25.3 Å². The molecule has 0 saturated heterocycles. The summed E-state index contributed by atoms with van der Waals surface area (Å²) in [4.78, 5) is 12.0. The lowest BCUT2D eigenvalue weighted by atomic mass is 10.1. The number of methoxy groups -OCH3 is 1. The normalized spacial score (nSPS) is 10.2. The molecule has 1 amide bonds. The lowest BCUT2D eigenvalue weighted by Crippen LogP contribution is -2.12. The van der Waals surface area contributed by atoms with Crippen molar-refractivity contribution >= 4 is 11.6 Å². The topological polar surface area (TPSA) is 38.3 Å². The highest BCUT2D eigenvalue weighted by molar-refractivity contribution is 6.04. The molecule has 0 spiro atoms. The van der Waals surface area contributed by atoms with Gasteiger partial charge in [0.2, 0.25) is 0 Å². The fourth-order valence-electron chi connectivity index (χ4n) is 1.71. The van der Waals surface area contributed by atoms with Gasteiger partial charge in [-0.2, -0.15) is 0 Å². The minimum absolute atomic E-state index is 0.232. The molecule has 0 heterocycles. The van der Waals surface area contributed by atoms with Gasteiger partial charge >= 0.3 is 0 Å². The number of rotatable bonds is 4. The largest absolute Gasteiger partial charge is 0.380 e. The van der Waals surface area contributed by atoms with Crippen molar-refractivity contribution in [3.63, 3.8) is 0 Å². The number of anilines is 1. The minimum Gasteiger partial charge on any atom is -0.380 e. The van der Waals surface area contributed by atoms with Crippen LogP contribution in [0.25, 0.3) is 0 Å². The van der Waals surface area contributed by atoms with E-state index in [0.29, 0.717) is 17.9 Å². The smallest absolute Gasteiger partial charge is 0.255 e.